The van der Waals surface area contributed by atoms with Gasteiger partial charge in [0.05, 0.1) is 44.5 Å². The summed E-state index contributed by atoms with van der Waals surface area (Å²) in [7, 11) is 0. The maximum atomic E-state index is 12.8. The van der Waals surface area contributed by atoms with E-state index in [1.54, 1.807) is 0 Å². The van der Waals surface area contributed by atoms with Gasteiger partial charge in [0.25, 0.3) is 11.5 Å². The number of nitrogens with zero attached hydrogens (tertiary/aromatic N) is 3. The monoisotopic (exact) mass is 830 g/mol. The van der Waals surface area contributed by atoms with Gasteiger partial charge in [-0.1, -0.05) is 0 Å². The van der Waals surface area contributed by atoms with E-state index in [4.69, 9.17) is 10.8 Å². The first-order chi connectivity index (χ1) is 27.4. The van der Waals surface area contributed by atoms with Crippen LogP contribution in [0, 0.1) is 0 Å². The summed E-state index contributed by atoms with van der Waals surface area (Å²) < 4.78 is 0. The summed E-state index contributed by atoms with van der Waals surface area (Å²) in [6, 6.07) is 1.25. The van der Waals surface area contributed by atoms with E-state index in [0.29, 0.717) is 11.4 Å². The van der Waals surface area contributed by atoms with Crippen molar-refractivity contribution >= 4 is 88.8 Å². The van der Waals surface area contributed by atoms with Gasteiger partial charge < -0.3 is 58.3 Å². The summed E-state index contributed by atoms with van der Waals surface area (Å²) in [5.41, 5.74) is 5.99. The number of thiol groups is 1. The summed E-state index contributed by atoms with van der Waals surface area (Å²) >= 11 is 3.79. The minimum atomic E-state index is -1.70. The van der Waals surface area contributed by atoms with E-state index in [0.717, 1.165) is 0 Å². The lowest BCUT2D eigenvalue weighted by atomic mass is 10.1. The van der Waals surface area contributed by atoms with Gasteiger partial charge in [0.15, 0.2) is 11.2 Å². The minimum Gasteiger partial charge on any atom is -0.481 e. The number of rotatable bonds is 22. The number of carbonyl (C=O) groups is 9. The van der Waals surface area contributed by atoms with E-state index in [-0.39, 0.29) is 35.0 Å². The molecule has 0 bridgehead atoms. The molecule has 0 fully saturated rings. The molecule has 13 N–H and O–H groups in total. The fourth-order valence-electron chi connectivity index (χ4n) is 4.62. The van der Waals surface area contributed by atoms with Crippen molar-refractivity contribution in [1.82, 2.24) is 51.8 Å². The molecule has 0 aliphatic carbocycles. The molecule has 25 nitrogen and oxygen atoms in total. The van der Waals surface area contributed by atoms with Crippen molar-refractivity contribution in [2.24, 2.45) is 0 Å². The van der Waals surface area contributed by atoms with E-state index in [2.05, 4.69) is 69.8 Å². The lowest BCUT2D eigenvalue weighted by Gasteiger charge is -2.18. The Bertz CT molecular complexity index is 2120. The summed E-state index contributed by atoms with van der Waals surface area (Å²) in [4.78, 5) is 135. The Balaban J connectivity index is 1.44. The number of benzene rings is 1. The average molecular weight is 831 g/mol. The van der Waals surface area contributed by atoms with Crippen LogP contribution in [0.1, 0.15) is 35.3 Å². The molecule has 2 heterocycles. The Morgan fingerprint density at radius 3 is 1.97 bits per heavy atom. The second kappa shape index (κ2) is 21.6. The zero-order valence-corrected chi connectivity index (χ0v) is 31.0. The standard InChI is InChI=1S/C32H38N12O13S/c33-32-43-26-25(29(53)44-32)39-16(9-37-26)8-34-15-3-1-14(2-4-15)27(51)42-17(30(54)55)5-6-20(45)40-18(7-24(49)50)28(52)38-11-22(47)35-10-21(46)36-12-23(48)41-19(13-58)31(56)57/h1-4,9,17-19,34,58H,5-8,10-13H2,(H,35,47)(H,36,46)(H,38,52)(H,40,45)(H,41,48)(H,42,51)(H,49,50)(H,54,55)(H,56,57)(H3,33,37,43,44,53). The molecule has 26 heteroatoms. The van der Waals surface area contributed by atoms with Gasteiger partial charge in [0.2, 0.25) is 35.5 Å². The van der Waals surface area contributed by atoms with Crippen molar-refractivity contribution in [1.29, 1.82) is 0 Å². The average Bonchev–Trinajstić information content (AvgIpc) is 3.17. The first-order valence-electron chi connectivity index (χ1n) is 16.8. The van der Waals surface area contributed by atoms with Crippen LogP contribution < -0.4 is 48.5 Å². The number of anilines is 2. The minimum absolute atomic E-state index is 0.00965. The number of nitrogen functional groups attached to an aromatic ring is 1. The van der Waals surface area contributed by atoms with Crippen LogP contribution in [0.4, 0.5) is 11.6 Å². The first kappa shape index (κ1) is 45.0. The zero-order chi connectivity index (χ0) is 42.9. The molecule has 0 radical (unpaired) electrons. The molecular weight excluding hydrogens is 792 g/mol. The number of hydrogen-bond acceptors (Lipinski definition) is 16. The molecule has 0 aliphatic rings. The number of hydrogen-bond donors (Lipinski definition) is 13. The Morgan fingerprint density at radius 2 is 1.36 bits per heavy atom. The molecule has 0 aliphatic heterocycles. The smallest absolute Gasteiger partial charge is 0.327 e. The number of aliphatic carboxylic acids is 3. The van der Waals surface area contributed by atoms with Gasteiger partial charge >= 0.3 is 17.9 Å². The highest BCUT2D eigenvalue weighted by molar-refractivity contribution is 7.80. The van der Waals surface area contributed by atoms with Crippen LogP contribution in [0.2, 0.25) is 0 Å². The quantitative estimate of drug-likeness (QED) is 0.0426. The number of nitrogens with one attached hydrogen (secondary N) is 8. The van der Waals surface area contributed by atoms with Gasteiger partial charge in [0, 0.05) is 23.4 Å². The van der Waals surface area contributed by atoms with Crippen molar-refractivity contribution in [3.05, 3.63) is 52.1 Å². The zero-order valence-electron chi connectivity index (χ0n) is 30.1. The third-order valence-electron chi connectivity index (χ3n) is 7.53. The number of carboxylic acid groups (broad SMARTS) is 3. The molecule has 0 saturated carbocycles. The molecule has 3 aromatic rings. The van der Waals surface area contributed by atoms with Crippen LogP contribution in [0.5, 0.6) is 0 Å². The molecule has 3 rings (SSSR count). The van der Waals surface area contributed by atoms with Gasteiger partial charge in [-0.15, -0.1) is 0 Å². The number of aromatic amines is 1. The van der Waals surface area contributed by atoms with Gasteiger partial charge in [-0.3, -0.25) is 43.3 Å². The van der Waals surface area contributed by atoms with Crippen LogP contribution in [0.15, 0.2) is 35.3 Å². The van der Waals surface area contributed by atoms with Crippen LogP contribution in [-0.2, 0) is 44.9 Å². The van der Waals surface area contributed by atoms with Gasteiger partial charge in [-0.25, -0.2) is 19.6 Å². The number of H-pyrrole nitrogens is 1. The van der Waals surface area contributed by atoms with Crippen LogP contribution >= 0.6 is 12.6 Å². The summed E-state index contributed by atoms with van der Waals surface area (Å²) in [6.07, 6.45) is -0.567. The largest absolute Gasteiger partial charge is 0.481 e. The normalized spacial score (nSPS) is 12.2. The van der Waals surface area contributed by atoms with Crippen molar-refractivity contribution < 1.29 is 58.5 Å². The number of amides is 6. The fourth-order valence-corrected chi connectivity index (χ4v) is 4.86. The lowest BCUT2D eigenvalue weighted by Crippen LogP contribution is -2.51. The molecule has 2 aromatic heterocycles. The summed E-state index contributed by atoms with van der Waals surface area (Å²) in [6.45, 7) is -1.90. The number of aromatic nitrogens is 4. The molecule has 1 aromatic carbocycles. The highest BCUT2D eigenvalue weighted by Crippen LogP contribution is 2.12. The first-order valence-corrected chi connectivity index (χ1v) is 17.4. The Hall–Kier alpha value is -7.38. The SMILES string of the molecule is Nc1nc2ncc(CNc3ccc(C(=O)NC(CCC(=O)NC(CC(=O)O)C(=O)NCC(=O)NCC(=O)NCC(=O)NC(CS)C(=O)O)C(=O)O)cc3)nc2c(=O)[nH]1. The van der Waals surface area contributed by atoms with Crippen molar-refractivity contribution in [3.8, 4) is 0 Å². The molecule has 3 atom stereocenters. The summed E-state index contributed by atoms with van der Waals surface area (Å²) in [5.74, 6) is -10.1. The lowest BCUT2D eigenvalue weighted by molar-refractivity contribution is -0.141. The molecule has 6 amide bonds. The second-order valence-corrected chi connectivity index (χ2v) is 12.3. The predicted molar refractivity (Wildman–Crippen MR) is 201 cm³/mol. The molecule has 310 valence electrons. The number of carbonyl (C=O) groups excluding carboxylic acids is 6. The Kier molecular flexibility index (Phi) is 16.8. The van der Waals surface area contributed by atoms with Crippen LogP contribution in [-0.4, -0.2) is 132 Å². The highest BCUT2D eigenvalue weighted by Gasteiger charge is 2.27. The highest BCUT2D eigenvalue weighted by atomic mass is 32.1. The van der Waals surface area contributed by atoms with Gasteiger partial charge in [-0.05, 0) is 30.7 Å². The topological polar surface area (TPSA) is 396 Å². The van der Waals surface area contributed by atoms with E-state index >= 15 is 0 Å². The van der Waals surface area contributed by atoms with E-state index < -0.39 is 116 Å². The number of fused-ring (bicyclic) bond motifs is 1. The number of carboxylic acids is 3. The maximum absolute atomic E-state index is 12.8. The molecular formula is C32H38N12O13S. The Labute approximate surface area is 331 Å². The Morgan fingerprint density at radius 1 is 0.759 bits per heavy atom. The van der Waals surface area contributed by atoms with Crippen molar-refractivity contribution in [2.45, 2.75) is 43.9 Å². The van der Waals surface area contributed by atoms with Crippen molar-refractivity contribution in [3.63, 3.8) is 0 Å². The third-order valence-corrected chi connectivity index (χ3v) is 7.90. The number of nitrogens with two attached hydrogens (primary N) is 1. The molecule has 3 unspecified atom stereocenters. The van der Waals surface area contributed by atoms with Crippen LogP contribution in [0.25, 0.3) is 11.2 Å². The van der Waals surface area contributed by atoms with Crippen LogP contribution in [0.3, 0.4) is 0 Å². The molecule has 58 heavy (non-hydrogen) atoms. The van der Waals surface area contributed by atoms with Gasteiger partial charge in [0.1, 0.15) is 18.1 Å². The van der Waals surface area contributed by atoms with Crippen molar-refractivity contribution in [2.75, 3.05) is 36.4 Å². The maximum Gasteiger partial charge on any atom is 0.327 e. The third kappa shape index (κ3) is 14.7. The van der Waals surface area contributed by atoms with E-state index in [1.807, 2.05) is 0 Å². The second-order valence-electron chi connectivity index (χ2n) is 11.9. The molecule has 0 spiro atoms. The van der Waals surface area contributed by atoms with E-state index in [1.165, 1.54) is 30.5 Å². The molecule has 0 saturated heterocycles. The fraction of sp³-hybridized carbons (Fsp3) is 0.344. The summed E-state index contributed by atoms with van der Waals surface area (Å²) in [5, 5.41) is 43.7. The predicted octanol–water partition coefficient (Wildman–Crippen LogP) is -4.32. The van der Waals surface area contributed by atoms with Gasteiger partial charge in [-0.2, -0.15) is 17.6 Å². The van der Waals surface area contributed by atoms with E-state index in [9.17, 15) is 58.2 Å².